The number of pyridine rings is 1. The zero-order chi connectivity index (χ0) is 39.4. The Hall–Kier alpha value is -5.30. The van der Waals surface area contributed by atoms with Crippen LogP contribution in [0.4, 0.5) is 11.5 Å². The number of amides is 2. The summed E-state index contributed by atoms with van der Waals surface area (Å²) < 4.78 is 11.2. The number of nitrogens with zero attached hydrogens (tertiary/aromatic N) is 3. The molecule has 12 heteroatoms. The van der Waals surface area contributed by atoms with E-state index in [1.807, 2.05) is 26.0 Å². The van der Waals surface area contributed by atoms with Gasteiger partial charge in [0.2, 0.25) is 0 Å². The van der Waals surface area contributed by atoms with E-state index in [4.69, 9.17) is 19.9 Å². The van der Waals surface area contributed by atoms with Crippen molar-refractivity contribution >= 4 is 29.5 Å². The van der Waals surface area contributed by atoms with E-state index in [2.05, 4.69) is 68.4 Å². The third-order valence-corrected chi connectivity index (χ3v) is 10.5. The Labute approximate surface area is 330 Å². The van der Waals surface area contributed by atoms with E-state index in [-0.39, 0.29) is 30.9 Å². The molecule has 0 radical (unpaired) electrons. The lowest BCUT2D eigenvalue weighted by atomic mass is 10.00. The largest absolute Gasteiger partial charge is 0.497 e. The Kier molecular flexibility index (Phi) is 14.1. The van der Waals surface area contributed by atoms with Crippen LogP contribution in [-0.4, -0.2) is 98.9 Å². The minimum absolute atomic E-state index is 0.181. The Morgan fingerprint density at radius 2 is 1.59 bits per heavy atom. The second kappa shape index (κ2) is 19.5. The van der Waals surface area contributed by atoms with E-state index in [0.717, 1.165) is 79.2 Å². The monoisotopic (exact) mass is 760 g/mol. The zero-order valence-electron chi connectivity index (χ0n) is 33.2. The van der Waals surface area contributed by atoms with Crippen molar-refractivity contribution in [3.05, 3.63) is 106 Å². The SMILES string of the molecule is CCNc1nc(CC)c(CNC(=O)c2cccc(C(=O)NCc3cc(OC)cc(-c4cccc(CN5CCN(C)CC5)c4)c3)c2)c(NC2CCOCC2)c1C=N. The zero-order valence-corrected chi connectivity index (χ0v) is 33.2. The molecule has 56 heavy (non-hydrogen) atoms. The summed E-state index contributed by atoms with van der Waals surface area (Å²) >= 11 is 0. The minimum atomic E-state index is -0.307. The number of hydrogen-bond acceptors (Lipinski definition) is 10. The van der Waals surface area contributed by atoms with Crippen LogP contribution in [0.1, 0.15) is 75.4 Å². The summed E-state index contributed by atoms with van der Waals surface area (Å²) in [5, 5.41) is 21.3. The van der Waals surface area contributed by atoms with E-state index in [9.17, 15) is 9.59 Å². The first-order chi connectivity index (χ1) is 27.3. The van der Waals surface area contributed by atoms with E-state index in [0.29, 0.717) is 54.4 Å². The number of likely N-dealkylation sites (N-methyl/N-ethyl adjacent to an activating group) is 1. The van der Waals surface area contributed by atoms with Gasteiger partial charge in [0.05, 0.1) is 18.4 Å². The average molecular weight is 761 g/mol. The third-order valence-electron chi connectivity index (χ3n) is 10.5. The van der Waals surface area contributed by atoms with Crippen LogP contribution in [0.25, 0.3) is 11.1 Å². The van der Waals surface area contributed by atoms with Gasteiger partial charge in [-0.1, -0.05) is 31.2 Å². The molecule has 2 aliphatic rings. The van der Waals surface area contributed by atoms with E-state index >= 15 is 0 Å². The van der Waals surface area contributed by atoms with Crippen LogP contribution in [-0.2, 0) is 30.8 Å². The van der Waals surface area contributed by atoms with Crippen LogP contribution < -0.4 is 26.0 Å². The molecule has 0 atom stereocenters. The van der Waals surface area contributed by atoms with Gasteiger partial charge in [0.1, 0.15) is 11.6 Å². The predicted molar refractivity (Wildman–Crippen MR) is 223 cm³/mol. The van der Waals surface area contributed by atoms with E-state index < -0.39 is 0 Å². The quantitative estimate of drug-likeness (QED) is 0.0877. The highest BCUT2D eigenvalue weighted by molar-refractivity contribution is 6.00. The fourth-order valence-electron chi connectivity index (χ4n) is 7.34. The maximum atomic E-state index is 13.6. The lowest BCUT2D eigenvalue weighted by Gasteiger charge is -2.32. The Bertz CT molecular complexity index is 1990. The molecule has 2 amide bonds. The lowest BCUT2D eigenvalue weighted by molar-refractivity contribution is 0.0904. The van der Waals surface area contributed by atoms with Gasteiger partial charge in [0.25, 0.3) is 11.8 Å². The second-order valence-corrected chi connectivity index (χ2v) is 14.5. The molecule has 2 fully saturated rings. The molecule has 3 heterocycles. The number of piperazine rings is 1. The van der Waals surface area contributed by atoms with Gasteiger partial charge in [-0.25, -0.2) is 4.98 Å². The van der Waals surface area contributed by atoms with Crippen molar-refractivity contribution in [3.8, 4) is 16.9 Å². The van der Waals surface area contributed by atoms with Crippen molar-refractivity contribution in [2.45, 2.75) is 58.8 Å². The van der Waals surface area contributed by atoms with Crippen molar-refractivity contribution in [1.29, 1.82) is 5.41 Å². The first-order valence-electron chi connectivity index (χ1n) is 19.8. The number of rotatable bonds is 16. The second-order valence-electron chi connectivity index (χ2n) is 14.5. The number of aryl methyl sites for hydroxylation is 1. The number of nitrogens with one attached hydrogen (secondary N) is 5. The molecule has 0 saturated carbocycles. The van der Waals surface area contributed by atoms with Crippen LogP contribution in [0.3, 0.4) is 0 Å². The number of anilines is 2. The number of aromatic nitrogens is 1. The van der Waals surface area contributed by atoms with Crippen molar-refractivity contribution < 1.29 is 19.1 Å². The molecule has 0 spiro atoms. The van der Waals surface area contributed by atoms with Gasteiger partial charge >= 0.3 is 0 Å². The fraction of sp³-hybridized carbons (Fsp3) is 0.409. The first-order valence-corrected chi connectivity index (χ1v) is 19.8. The van der Waals surface area contributed by atoms with Crippen molar-refractivity contribution in [3.63, 3.8) is 0 Å². The van der Waals surface area contributed by atoms with Crippen LogP contribution in [0.2, 0.25) is 0 Å². The van der Waals surface area contributed by atoms with Crippen LogP contribution >= 0.6 is 0 Å². The molecule has 2 aliphatic heterocycles. The Morgan fingerprint density at radius 1 is 0.893 bits per heavy atom. The molecule has 12 nitrogen and oxygen atoms in total. The molecule has 6 rings (SSSR count). The standard InChI is InChI=1S/C44H56N8O4/c1-5-40-39(41(49-36-13-19-56-20-14-36)38(26-45)42(50-40)46-6-2)28-48-44(54)34-12-8-11-33(24-34)43(53)47-27-31-22-35(25-37(23-31)55-4)32-10-7-9-30(21-32)29-52-17-15-51(3)16-18-52/h7-12,21-26,36,45H,5-6,13-20,27-29H2,1-4H3,(H,47,53)(H,48,54)(H2,46,49,50). The smallest absolute Gasteiger partial charge is 0.251 e. The maximum absolute atomic E-state index is 13.6. The number of methoxy groups -OCH3 is 1. The van der Waals surface area contributed by atoms with Crippen molar-refractivity contribution in [1.82, 2.24) is 25.4 Å². The molecular formula is C44H56N8O4. The topological polar surface area (TPSA) is 144 Å². The molecule has 296 valence electrons. The summed E-state index contributed by atoms with van der Waals surface area (Å²) in [6, 6.07) is 21.6. The highest BCUT2D eigenvalue weighted by Crippen LogP contribution is 2.31. The average Bonchev–Trinajstić information content (AvgIpc) is 3.23. The summed E-state index contributed by atoms with van der Waals surface area (Å²) in [6.07, 6.45) is 3.67. The van der Waals surface area contributed by atoms with Gasteiger partial charge in [-0.2, -0.15) is 0 Å². The third kappa shape index (κ3) is 10.3. The molecule has 0 bridgehead atoms. The van der Waals surface area contributed by atoms with E-state index in [1.165, 1.54) is 11.8 Å². The first kappa shape index (κ1) is 40.4. The molecule has 0 aliphatic carbocycles. The number of ether oxygens (including phenoxy) is 2. The summed E-state index contributed by atoms with van der Waals surface area (Å²) in [5.74, 6) is 0.775. The van der Waals surface area contributed by atoms with Gasteiger partial charge in [0.15, 0.2) is 0 Å². The summed E-state index contributed by atoms with van der Waals surface area (Å²) in [7, 11) is 3.82. The summed E-state index contributed by atoms with van der Waals surface area (Å²) in [5.41, 5.74) is 8.20. The molecular weight excluding hydrogens is 705 g/mol. The molecule has 3 aromatic carbocycles. The van der Waals surface area contributed by atoms with Crippen molar-refractivity contribution in [2.24, 2.45) is 0 Å². The van der Waals surface area contributed by atoms with Gasteiger partial charge in [0, 0.05) is 100 Å². The molecule has 2 saturated heterocycles. The van der Waals surface area contributed by atoms with Gasteiger partial charge in [-0.05, 0) is 98.0 Å². The molecule has 5 N–H and O–H groups in total. The number of benzene rings is 3. The Balaban J connectivity index is 1.13. The van der Waals surface area contributed by atoms with Crippen LogP contribution in [0, 0.1) is 5.41 Å². The molecule has 4 aromatic rings. The number of carbonyl (C=O) groups excluding carboxylic acids is 2. The Morgan fingerprint density at radius 3 is 2.27 bits per heavy atom. The van der Waals surface area contributed by atoms with Crippen molar-refractivity contribution in [2.75, 3.05) is 70.7 Å². The number of carbonyl (C=O) groups is 2. The molecule has 0 unspecified atom stereocenters. The normalized spacial score (nSPS) is 15.2. The highest BCUT2D eigenvalue weighted by atomic mass is 16.5. The van der Waals surface area contributed by atoms with E-state index in [1.54, 1.807) is 31.4 Å². The highest BCUT2D eigenvalue weighted by Gasteiger charge is 2.23. The summed E-state index contributed by atoms with van der Waals surface area (Å²) in [4.78, 5) is 36.8. The molecule has 1 aromatic heterocycles. The van der Waals surface area contributed by atoms with Gasteiger partial charge in [-0.3, -0.25) is 14.5 Å². The fourth-order valence-corrected chi connectivity index (χ4v) is 7.34. The maximum Gasteiger partial charge on any atom is 0.251 e. The lowest BCUT2D eigenvalue weighted by Crippen LogP contribution is -2.43. The minimum Gasteiger partial charge on any atom is -0.497 e. The number of hydrogen-bond donors (Lipinski definition) is 5. The van der Waals surface area contributed by atoms with Crippen LogP contribution in [0.15, 0.2) is 66.7 Å². The summed E-state index contributed by atoms with van der Waals surface area (Å²) in [6.45, 7) is 11.7. The van der Waals surface area contributed by atoms with Crippen LogP contribution in [0.5, 0.6) is 5.75 Å². The predicted octanol–water partition coefficient (Wildman–Crippen LogP) is 5.95. The van der Waals surface area contributed by atoms with Gasteiger partial charge < -0.3 is 41.1 Å². The van der Waals surface area contributed by atoms with Gasteiger partial charge in [-0.15, -0.1) is 0 Å².